The molecule has 0 bridgehead atoms. The molecular formula is C15H14BrF2NO. The predicted molar refractivity (Wildman–Crippen MR) is 78.0 cm³/mol. The zero-order valence-electron chi connectivity index (χ0n) is 11.1. The van der Waals surface area contributed by atoms with Crippen molar-refractivity contribution in [1.82, 2.24) is 5.32 Å². The van der Waals surface area contributed by atoms with E-state index in [1.807, 2.05) is 26.1 Å². The molecule has 0 spiro atoms. The highest BCUT2D eigenvalue weighted by molar-refractivity contribution is 9.10. The number of halogens is 3. The van der Waals surface area contributed by atoms with Gasteiger partial charge in [0.2, 0.25) is 0 Å². The summed E-state index contributed by atoms with van der Waals surface area (Å²) in [7, 11) is 1.82. The summed E-state index contributed by atoms with van der Waals surface area (Å²) >= 11 is 3.35. The molecule has 1 N–H and O–H groups in total. The summed E-state index contributed by atoms with van der Waals surface area (Å²) in [6, 6.07) is 8.63. The van der Waals surface area contributed by atoms with Crippen LogP contribution in [0.1, 0.15) is 18.5 Å². The van der Waals surface area contributed by atoms with Gasteiger partial charge in [0.1, 0.15) is 11.6 Å². The zero-order valence-corrected chi connectivity index (χ0v) is 12.7. The minimum Gasteiger partial charge on any atom is -0.454 e. The van der Waals surface area contributed by atoms with Crippen LogP contribution < -0.4 is 10.1 Å². The summed E-state index contributed by atoms with van der Waals surface area (Å²) < 4.78 is 33.2. The van der Waals surface area contributed by atoms with Gasteiger partial charge in [-0.15, -0.1) is 0 Å². The molecule has 2 aromatic rings. The second kappa shape index (κ2) is 6.33. The normalized spacial score (nSPS) is 12.2. The van der Waals surface area contributed by atoms with Crippen LogP contribution in [0.2, 0.25) is 0 Å². The summed E-state index contributed by atoms with van der Waals surface area (Å²) in [5.41, 5.74) is 0.861. The lowest BCUT2D eigenvalue weighted by molar-refractivity contribution is 0.426. The molecule has 2 nitrogen and oxygen atoms in total. The first-order valence-corrected chi connectivity index (χ1v) is 6.90. The fourth-order valence-corrected chi connectivity index (χ4v) is 2.12. The molecule has 2 rings (SSSR count). The van der Waals surface area contributed by atoms with Gasteiger partial charge in [0.05, 0.1) is 0 Å². The van der Waals surface area contributed by atoms with Crippen LogP contribution in [-0.2, 0) is 0 Å². The summed E-state index contributed by atoms with van der Waals surface area (Å²) in [5, 5.41) is 3.09. The standard InChI is InChI=1S/C15H14BrF2NO/c1-9(19-2)12-5-3-10(16)7-14(12)20-15-8-11(17)4-6-13(15)18/h3-9,19H,1-2H3. The molecule has 0 heterocycles. The fourth-order valence-electron chi connectivity index (χ4n) is 1.78. The van der Waals surface area contributed by atoms with Crippen molar-refractivity contribution in [2.45, 2.75) is 13.0 Å². The van der Waals surface area contributed by atoms with Gasteiger partial charge in [-0.3, -0.25) is 0 Å². The Balaban J connectivity index is 2.41. The molecule has 0 fully saturated rings. The van der Waals surface area contributed by atoms with E-state index in [1.165, 1.54) is 0 Å². The predicted octanol–water partition coefficient (Wildman–Crippen LogP) is 4.80. The molecule has 5 heteroatoms. The Bertz CT molecular complexity index is 619. The Hall–Kier alpha value is -1.46. The van der Waals surface area contributed by atoms with E-state index >= 15 is 0 Å². The van der Waals surface area contributed by atoms with Gasteiger partial charge >= 0.3 is 0 Å². The molecular weight excluding hydrogens is 328 g/mol. The van der Waals surface area contributed by atoms with Gasteiger partial charge in [-0.25, -0.2) is 8.78 Å². The average molecular weight is 342 g/mol. The maximum atomic E-state index is 13.7. The van der Waals surface area contributed by atoms with Crippen LogP contribution in [0.5, 0.6) is 11.5 Å². The van der Waals surface area contributed by atoms with Crippen LogP contribution in [0.15, 0.2) is 40.9 Å². The smallest absolute Gasteiger partial charge is 0.165 e. The SMILES string of the molecule is CNC(C)c1ccc(Br)cc1Oc1cc(F)ccc1F. The topological polar surface area (TPSA) is 21.3 Å². The number of hydrogen-bond acceptors (Lipinski definition) is 2. The highest BCUT2D eigenvalue weighted by Crippen LogP contribution is 2.33. The van der Waals surface area contributed by atoms with Crippen molar-refractivity contribution in [1.29, 1.82) is 0 Å². The molecule has 0 amide bonds. The third-order valence-corrected chi connectivity index (χ3v) is 3.48. The maximum absolute atomic E-state index is 13.7. The lowest BCUT2D eigenvalue weighted by Gasteiger charge is -2.17. The first-order chi connectivity index (χ1) is 9.51. The number of hydrogen-bond donors (Lipinski definition) is 1. The molecule has 0 aromatic heterocycles. The minimum absolute atomic E-state index is 0.0229. The van der Waals surface area contributed by atoms with Gasteiger partial charge in [0.15, 0.2) is 11.6 Å². The third kappa shape index (κ3) is 3.35. The fraction of sp³-hybridized carbons (Fsp3) is 0.200. The first kappa shape index (κ1) is 14.9. The molecule has 0 saturated heterocycles. The molecule has 2 aromatic carbocycles. The minimum atomic E-state index is -0.602. The number of benzene rings is 2. The van der Waals surface area contributed by atoms with Crippen molar-refractivity contribution in [2.75, 3.05) is 7.05 Å². The molecule has 0 radical (unpaired) electrons. The Labute approximate surface area is 124 Å². The monoisotopic (exact) mass is 341 g/mol. The highest BCUT2D eigenvalue weighted by atomic mass is 79.9. The van der Waals surface area contributed by atoms with Crippen LogP contribution in [0, 0.1) is 11.6 Å². The van der Waals surface area contributed by atoms with Crippen LogP contribution >= 0.6 is 15.9 Å². The second-order valence-corrected chi connectivity index (χ2v) is 5.28. The molecule has 0 saturated carbocycles. The summed E-state index contributed by atoms with van der Waals surface area (Å²) in [5.74, 6) is -0.799. The Morgan fingerprint density at radius 3 is 2.55 bits per heavy atom. The third-order valence-electron chi connectivity index (χ3n) is 2.99. The van der Waals surface area contributed by atoms with Crippen LogP contribution in [0.25, 0.3) is 0 Å². The van der Waals surface area contributed by atoms with Crippen molar-refractivity contribution in [3.8, 4) is 11.5 Å². The summed E-state index contributed by atoms with van der Waals surface area (Å²) in [6.45, 7) is 1.96. The largest absolute Gasteiger partial charge is 0.454 e. The van der Waals surface area contributed by atoms with Crippen LogP contribution in [0.3, 0.4) is 0 Å². The first-order valence-electron chi connectivity index (χ1n) is 6.11. The molecule has 106 valence electrons. The maximum Gasteiger partial charge on any atom is 0.165 e. The van der Waals surface area contributed by atoms with E-state index in [0.717, 1.165) is 28.2 Å². The molecule has 0 aliphatic carbocycles. The lowest BCUT2D eigenvalue weighted by atomic mass is 10.1. The van der Waals surface area contributed by atoms with E-state index in [0.29, 0.717) is 5.75 Å². The van der Waals surface area contributed by atoms with Gasteiger partial charge in [0.25, 0.3) is 0 Å². The molecule has 0 aliphatic rings. The Morgan fingerprint density at radius 1 is 1.10 bits per heavy atom. The Morgan fingerprint density at radius 2 is 1.85 bits per heavy atom. The van der Waals surface area contributed by atoms with Crippen molar-refractivity contribution < 1.29 is 13.5 Å². The number of rotatable bonds is 4. The quantitative estimate of drug-likeness (QED) is 0.862. The van der Waals surface area contributed by atoms with Crippen LogP contribution in [-0.4, -0.2) is 7.05 Å². The zero-order chi connectivity index (χ0) is 14.7. The second-order valence-electron chi connectivity index (χ2n) is 4.37. The molecule has 1 atom stereocenters. The Kier molecular flexibility index (Phi) is 4.73. The van der Waals surface area contributed by atoms with Gasteiger partial charge < -0.3 is 10.1 Å². The van der Waals surface area contributed by atoms with E-state index in [9.17, 15) is 8.78 Å². The van der Waals surface area contributed by atoms with E-state index in [-0.39, 0.29) is 11.8 Å². The van der Waals surface area contributed by atoms with E-state index in [2.05, 4.69) is 21.2 Å². The van der Waals surface area contributed by atoms with E-state index in [4.69, 9.17) is 4.74 Å². The molecule has 0 aliphatic heterocycles. The summed E-state index contributed by atoms with van der Waals surface area (Å²) in [6.07, 6.45) is 0. The van der Waals surface area contributed by atoms with Crippen molar-refractivity contribution in [2.24, 2.45) is 0 Å². The van der Waals surface area contributed by atoms with E-state index in [1.54, 1.807) is 6.07 Å². The number of nitrogens with one attached hydrogen (secondary N) is 1. The van der Waals surface area contributed by atoms with E-state index < -0.39 is 11.6 Å². The average Bonchev–Trinajstić information content (AvgIpc) is 2.42. The lowest BCUT2D eigenvalue weighted by Crippen LogP contribution is -2.13. The highest BCUT2D eigenvalue weighted by Gasteiger charge is 2.14. The molecule has 1 unspecified atom stereocenters. The van der Waals surface area contributed by atoms with Crippen molar-refractivity contribution in [3.05, 3.63) is 58.1 Å². The number of ether oxygens (including phenoxy) is 1. The van der Waals surface area contributed by atoms with Crippen molar-refractivity contribution in [3.63, 3.8) is 0 Å². The van der Waals surface area contributed by atoms with Gasteiger partial charge in [-0.2, -0.15) is 0 Å². The van der Waals surface area contributed by atoms with Gasteiger partial charge in [-0.1, -0.05) is 22.0 Å². The molecule has 20 heavy (non-hydrogen) atoms. The van der Waals surface area contributed by atoms with Crippen molar-refractivity contribution >= 4 is 15.9 Å². The summed E-state index contributed by atoms with van der Waals surface area (Å²) in [4.78, 5) is 0. The van der Waals surface area contributed by atoms with Gasteiger partial charge in [0, 0.05) is 22.1 Å². The van der Waals surface area contributed by atoms with Gasteiger partial charge in [-0.05, 0) is 38.2 Å². The van der Waals surface area contributed by atoms with Crippen LogP contribution in [0.4, 0.5) is 8.78 Å².